The van der Waals surface area contributed by atoms with Crippen LogP contribution in [-0.2, 0) is 11.6 Å². The van der Waals surface area contributed by atoms with Crippen LogP contribution in [0.15, 0.2) is 35.5 Å². The summed E-state index contributed by atoms with van der Waals surface area (Å²) < 4.78 is 38.5. The van der Waals surface area contributed by atoms with Gasteiger partial charge in [0.15, 0.2) is 0 Å². The molecule has 0 saturated carbocycles. The fourth-order valence-electron chi connectivity index (χ4n) is 3.56. The van der Waals surface area contributed by atoms with E-state index in [0.717, 1.165) is 31.0 Å². The minimum Gasteiger partial charge on any atom is -0.390 e. The summed E-state index contributed by atoms with van der Waals surface area (Å²) >= 11 is 0. The smallest absolute Gasteiger partial charge is 0.390 e. The maximum absolute atomic E-state index is 12.8. The number of allylic oxidation sites excluding steroid dienone is 1. The molecular formula is C22H36F3NOSi. The highest BCUT2D eigenvalue weighted by molar-refractivity contribution is 6.62. The van der Waals surface area contributed by atoms with E-state index < -0.39 is 26.3 Å². The number of hydrogen-bond donors (Lipinski definition) is 2. The molecule has 2 N–H and O–H groups in total. The van der Waals surface area contributed by atoms with Crippen LogP contribution < -0.4 is 4.98 Å². The van der Waals surface area contributed by atoms with Gasteiger partial charge in [0.1, 0.15) is 8.96 Å². The summed E-state index contributed by atoms with van der Waals surface area (Å²) in [6.07, 6.45) is -1.88. The summed E-state index contributed by atoms with van der Waals surface area (Å²) in [5.74, 6) is 0. The Hall–Kier alpha value is -1.11. The molecule has 0 spiro atoms. The first-order chi connectivity index (χ1) is 12.8. The number of rotatable bonds is 10. The second-order valence-corrected chi connectivity index (χ2v) is 11.3. The van der Waals surface area contributed by atoms with E-state index in [1.54, 1.807) is 12.1 Å². The van der Waals surface area contributed by atoms with Gasteiger partial charge in [0.25, 0.3) is 0 Å². The van der Waals surface area contributed by atoms with E-state index in [0.29, 0.717) is 6.42 Å². The van der Waals surface area contributed by atoms with E-state index in [1.165, 1.54) is 17.7 Å². The first-order valence-corrected chi connectivity index (χ1v) is 12.1. The lowest BCUT2D eigenvalue weighted by molar-refractivity contribution is -0.137. The van der Waals surface area contributed by atoms with Gasteiger partial charge in [0, 0.05) is 0 Å². The van der Waals surface area contributed by atoms with Gasteiger partial charge in [-0.25, -0.2) is 0 Å². The molecule has 1 aromatic carbocycles. The van der Waals surface area contributed by atoms with Gasteiger partial charge >= 0.3 is 6.18 Å². The molecule has 1 rings (SSSR count). The first-order valence-electron chi connectivity index (χ1n) is 10.1. The van der Waals surface area contributed by atoms with Crippen LogP contribution in [0.25, 0.3) is 0 Å². The maximum atomic E-state index is 12.8. The fraction of sp³-hybridized carbons (Fsp3) is 0.636. The molecule has 0 saturated heterocycles. The predicted molar refractivity (Wildman–Crippen MR) is 114 cm³/mol. The van der Waals surface area contributed by atoms with Crippen molar-refractivity contribution in [3.63, 3.8) is 0 Å². The van der Waals surface area contributed by atoms with Crippen molar-refractivity contribution < 1.29 is 18.3 Å². The van der Waals surface area contributed by atoms with Gasteiger partial charge in [-0.2, -0.15) is 13.2 Å². The third kappa shape index (κ3) is 8.49. The van der Waals surface area contributed by atoms with Crippen molar-refractivity contribution in [1.82, 2.24) is 4.98 Å². The Labute approximate surface area is 169 Å². The summed E-state index contributed by atoms with van der Waals surface area (Å²) in [7, 11) is -1.49. The summed E-state index contributed by atoms with van der Waals surface area (Å²) in [6.45, 7) is 13.0. The quantitative estimate of drug-likeness (QED) is 0.477. The molecule has 0 amide bonds. The van der Waals surface area contributed by atoms with Crippen LogP contribution in [0.1, 0.15) is 71.9 Å². The number of hydrogen-bond acceptors (Lipinski definition) is 2. The molecular weight excluding hydrogens is 379 g/mol. The van der Waals surface area contributed by atoms with Crippen LogP contribution in [0.3, 0.4) is 0 Å². The van der Waals surface area contributed by atoms with Crippen LogP contribution >= 0.6 is 0 Å². The molecule has 0 aromatic heterocycles. The SMILES string of the molecule is CCCC(C)(O)CCN[Si@H](C=C(C)C)CC(C)(C)c1ccc(C(F)(F)F)cc1. The Morgan fingerprint density at radius 3 is 2.04 bits per heavy atom. The fourth-order valence-corrected chi connectivity index (χ4v) is 6.60. The highest BCUT2D eigenvalue weighted by Gasteiger charge is 2.31. The zero-order valence-electron chi connectivity index (χ0n) is 18.1. The summed E-state index contributed by atoms with van der Waals surface area (Å²) in [5.41, 5.74) is 2.95. The number of alkyl halides is 3. The number of halogens is 3. The van der Waals surface area contributed by atoms with E-state index in [1.807, 2.05) is 6.92 Å². The second kappa shape index (κ2) is 10.1. The lowest BCUT2D eigenvalue weighted by Crippen LogP contribution is -2.41. The zero-order chi connectivity index (χ0) is 21.6. The van der Waals surface area contributed by atoms with Gasteiger partial charge in [-0.05, 0) is 69.3 Å². The van der Waals surface area contributed by atoms with E-state index >= 15 is 0 Å². The van der Waals surface area contributed by atoms with E-state index in [2.05, 4.69) is 45.3 Å². The average molecular weight is 416 g/mol. The van der Waals surface area contributed by atoms with Crippen molar-refractivity contribution in [2.24, 2.45) is 0 Å². The molecule has 1 unspecified atom stereocenters. The third-order valence-electron chi connectivity index (χ3n) is 5.12. The number of nitrogens with one attached hydrogen (secondary N) is 1. The molecule has 2 atom stereocenters. The third-order valence-corrected chi connectivity index (χ3v) is 8.46. The van der Waals surface area contributed by atoms with Gasteiger partial charge < -0.3 is 10.1 Å². The first kappa shape index (κ1) is 24.9. The van der Waals surface area contributed by atoms with Crippen LogP contribution in [0.4, 0.5) is 13.2 Å². The van der Waals surface area contributed by atoms with Crippen LogP contribution in [0, 0.1) is 0 Å². The standard InChI is InChI=1S/C22H36F3NOSi/c1-7-12-21(6,27)13-14-26-28(15-17(2)3)16-20(4,5)18-8-10-19(11-9-18)22(23,24)25/h8-11,15,26-28H,7,12-14,16H2,1-6H3/t21?,28-/m1/s1. The van der Waals surface area contributed by atoms with Gasteiger partial charge in [0.2, 0.25) is 0 Å². The largest absolute Gasteiger partial charge is 0.416 e. The molecule has 0 heterocycles. The molecule has 6 heteroatoms. The van der Waals surface area contributed by atoms with Gasteiger partial charge in [-0.3, -0.25) is 0 Å². The van der Waals surface area contributed by atoms with Crippen molar-refractivity contribution in [2.75, 3.05) is 6.54 Å². The summed E-state index contributed by atoms with van der Waals surface area (Å²) in [4.78, 5) is 3.65. The van der Waals surface area contributed by atoms with Crippen molar-refractivity contribution in [2.45, 2.75) is 84.0 Å². The Bertz CT molecular complexity index is 632. The average Bonchev–Trinajstić information content (AvgIpc) is 2.52. The molecule has 160 valence electrons. The predicted octanol–water partition coefficient (Wildman–Crippen LogP) is 5.74. The molecule has 0 aliphatic heterocycles. The minimum atomic E-state index is -4.31. The highest BCUT2D eigenvalue weighted by atomic mass is 28.3. The minimum absolute atomic E-state index is 0.230. The molecule has 0 aliphatic carbocycles. The van der Waals surface area contributed by atoms with Gasteiger partial charge in [-0.1, -0.05) is 50.6 Å². The maximum Gasteiger partial charge on any atom is 0.416 e. The summed E-state index contributed by atoms with van der Waals surface area (Å²) in [5, 5.41) is 10.4. The van der Waals surface area contributed by atoms with E-state index in [9.17, 15) is 18.3 Å². The van der Waals surface area contributed by atoms with E-state index in [-0.39, 0.29) is 5.41 Å². The molecule has 0 fully saturated rings. The Kier molecular flexibility index (Phi) is 8.97. The molecule has 2 nitrogen and oxygen atoms in total. The lowest BCUT2D eigenvalue weighted by atomic mass is 9.86. The Morgan fingerprint density at radius 1 is 1.04 bits per heavy atom. The normalized spacial score (nSPS) is 15.8. The number of aliphatic hydroxyl groups is 1. The van der Waals surface area contributed by atoms with Crippen molar-refractivity contribution >= 4 is 8.96 Å². The van der Waals surface area contributed by atoms with Crippen molar-refractivity contribution in [3.8, 4) is 0 Å². The molecule has 0 aliphatic rings. The lowest BCUT2D eigenvalue weighted by Gasteiger charge is -2.30. The van der Waals surface area contributed by atoms with E-state index in [4.69, 9.17) is 0 Å². The monoisotopic (exact) mass is 415 g/mol. The molecule has 0 bridgehead atoms. The topological polar surface area (TPSA) is 32.3 Å². The molecule has 28 heavy (non-hydrogen) atoms. The Balaban J connectivity index is 2.85. The van der Waals surface area contributed by atoms with Crippen LogP contribution in [-0.4, -0.2) is 26.2 Å². The highest BCUT2D eigenvalue weighted by Crippen LogP contribution is 2.33. The van der Waals surface area contributed by atoms with Gasteiger partial charge in [-0.15, -0.1) is 0 Å². The van der Waals surface area contributed by atoms with Crippen molar-refractivity contribution in [3.05, 3.63) is 46.7 Å². The van der Waals surface area contributed by atoms with Crippen LogP contribution in [0.5, 0.6) is 0 Å². The Morgan fingerprint density at radius 2 is 1.57 bits per heavy atom. The van der Waals surface area contributed by atoms with Crippen molar-refractivity contribution in [1.29, 1.82) is 0 Å². The van der Waals surface area contributed by atoms with Crippen LogP contribution in [0.2, 0.25) is 6.04 Å². The molecule has 0 radical (unpaired) electrons. The number of benzene rings is 1. The molecule has 1 aromatic rings. The summed E-state index contributed by atoms with van der Waals surface area (Å²) in [6, 6.07) is 6.43. The van der Waals surface area contributed by atoms with Gasteiger partial charge in [0.05, 0.1) is 11.2 Å². The zero-order valence-corrected chi connectivity index (χ0v) is 19.2. The second-order valence-electron chi connectivity index (χ2n) is 8.96.